The van der Waals surface area contributed by atoms with Gasteiger partial charge >= 0.3 is 0 Å². The summed E-state index contributed by atoms with van der Waals surface area (Å²) in [5.74, 6) is 0. The summed E-state index contributed by atoms with van der Waals surface area (Å²) < 4.78 is 0. The molecule has 72 valence electrons. The Labute approximate surface area is 75.2 Å². The van der Waals surface area contributed by atoms with Gasteiger partial charge in [0.15, 0.2) is 0 Å². The molecule has 0 aliphatic heterocycles. The van der Waals surface area contributed by atoms with Gasteiger partial charge in [-0.15, -0.1) is 0 Å². The summed E-state index contributed by atoms with van der Waals surface area (Å²) in [6.07, 6.45) is 0. The Morgan fingerprint density at radius 3 is 1.17 bits per heavy atom. The molecule has 0 spiro atoms. The van der Waals surface area contributed by atoms with Crippen molar-refractivity contribution >= 4 is 0 Å². The summed E-state index contributed by atoms with van der Waals surface area (Å²) >= 11 is 0. The maximum absolute atomic E-state index is 4.03. The topological polar surface area (TPSA) is 31.2 Å². The molecule has 0 amide bonds. The van der Waals surface area contributed by atoms with Crippen LogP contribution in [0.2, 0.25) is 0 Å². The van der Waals surface area contributed by atoms with E-state index in [0.29, 0.717) is 12.1 Å². The lowest BCUT2D eigenvalue weighted by atomic mass is 10.4. The van der Waals surface area contributed by atoms with Gasteiger partial charge < -0.3 is 0 Å². The number of hydrogen-bond acceptors (Lipinski definition) is 2. The van der Waals surface area contributed by atoms with Crippen LogP contribution in [-0.2, 0) is 0 Å². The van der Waals surface area contributed by atoms with E-state index in [1.165, 1.54) is 0 Å². The van der Waals surface area contributed by atoms with Gasteiger partial charge in [-0.1, -0.05) is 10.4 Å². The van der Waals surface area contributed by atoms with Crippen molar-refractivity contribution in [2.45, 2.75) is 39.8 Å². The highest BCUT2D eigenvalue weighted by Crippen LogP contribution is 1.98. The lowest BCUT2D eigenvalue weighted by Gasteiger charge is -2.19. The van der Waals surface area contributed by atoms with Crippen molar-refractivity contribution in [1.82, 2.24) is 10.0 Å². The molecule has 4 nitrogen and oxygen atoms in total. The zero-order valence-corrected chi connectivity index (χ0v) is 8.94. The fraction of sp³-hybridized carbons (Fsp3) is 1.00. The third-order valence-corrected chi connectivity index (χ3v) is 1.82. The lowest BCUT2D eigenvalue weighted by Crippen LogP contribution is -2.23. The fourth-order valence-corrected chi connectivity index (χ4v) is 0.333. The number of hydrogen-bond donors (Lipinski definition) is 0. The van der Waals surface area contributed by atoms with Crippen LogP contribution in [0.4, 0.5) is 0 Å². The molecule has 0 N–H and O–H groups in total. The molecule has 0 saturated carbocycles. The van der Waals surface area contributed by atoms with E-state index in [1.54, 1.807) is 0 Å². The Morgan fingerprint density at radius 2 is 1.00 bits per heavy atom. The normalized spacial score (nSPS) is 11.7. The lowest BCUT2D eigenvalue weighted by molar-refractivity contribution is 0.195. The Bertz CT molecular complexity index is 126. The first-order valence-electron chi connectivity index (χ1n) is 4.32. The van der Waals surface area contributed by atoms with Crippen LogP contribution in [0.15, 0.2) is 10.4 Å². The van der Waals surface area contributed by atoms with E-state index in [2.05, 4.69) is 38.1 Å². The third-order valence-electron chi connectivity index (χ3n) is 1.82. The van der Waals surface area contributed by atoms with Crippen LogP contribution < -0.4 is 0 Å². The Balaban J connectivity index is 3.89. The molecule has 0 fully saturated rings. The second kappa shape index (κ2) is 4.95. The fourth-order valence-electron chi connectivity index (χ4n) is 0.333. The third kappa shape index (κ3) is 4.16. The Kier molecular flexibility index (Phi) is 4.62. The van der Waals surface area contributed by atoms with Crippen LogP contribution in [0.1, 0.15) is 27.7 Å². The van der Waals surface area contributed by atoms with Gasteiger partial charge in [-0.25, -0.2) is 0 Å². The summed E-state index contributed by atoms with van der Waals surface area (Å²) in [7, 11) is 3.84. The van der Waals surface area contributed by atoms with Gasteiger partial charge in [-0.05, 0) is 27.7 Å². The van der Waals surface area contributed by atoms with Crippen molar-refractivity contribution in [3.63, 3.8) is 0 Å². The average molecular weight is 172 g/mol. The SMILES string of the molecule is CC(C)N(C)/N=N/N(C)C(C)C. The van der Waals surface area contributed by atoms with Crippen molar-refractivity contribution < 1.29 is 0 Å². The minimum absolute atomic E-state index is 0.398. The van der Waals surface area contributed by atoms with Gasteiger partial charge in [0.25, 0.3) is 0 Å². The zero-order valence-electron chi connectivity index (χ0n) is 8.94. The van der Waals surface area contributed by atoms with Crippen molar-refractivity contribution in [3.05, 3.63) is 0 Å². The highest BCUT2D eigenvalue weighted by molar-refractivity contribution is 4.50. The summed E-state index contributed by atoms with van der Waals surface area (Å²) in [6, 6.07) is 0.795. The largest absolute Gasteiger partial charge is 0.278 e. The van der Waals surface area contributed by atoms with E-state index in [9.17, 15) is 0 Å². The quantitative estimate of drug-likeness (QED) is 0.479. The van der Waals surface area contributed by atoms with Crippen LogP contribution >= 0.6 is 0 Å². The standard InChI is InChI=1S/C8H20N4/c1-7(2)11(5)9-10-12(6)8(3)4/h7-8H,1-6H3/b10-9+. The Hall–Kier alpha value is -0.800. The highest BCUT2D eigenvalue weighted by atomic mass is 15.7. The van der Waals surface area contributed by atoms with Gasteiger partial charge in [0, 0.05) is 26.2 Å². The average Bonchev–Trinajstić information content (AvgIpc) is 1.98. The highest BCUT2D eigenvalue weighted by Gasteiger charge is 2.01. The number of nitrogens with zero attached hydrogens (tertiary/aromatic N) is 4. The first-order valence-corrected chi connectivity index (χ1v) is 4.32. The zero-order chi connectivity index (χ0) is 9.72. The molecule has 0 unspecified atom stereocenters. The molecule has 0 heterocycles. The molecule has 0 bridgehead atoms. The van der Waals surface area contributed by atoms with Crippen molar-refractivity contribution in [3.8, 4) is 0 Å². The minimum Gasteiger partial charge on any atom is -0.278 e. The summed E-state index contributed by atoms with van der Waals surface area (Å²) in [6.45, 7) is 8.31. The maximum atomic E-state index is 4.03. The van der Waals surface area contributed by atoms with Gasteiger partial charge in [-0.2, -0.15) is 0 Å². The molecule has 0 aromatic heterocycles. The molecule has 0 aliphatic carbocycles. The summed E-state index contributed by atoms with van der Waals surface area (Å²) in [5.41, 5.74) is 0. The predicted octanol–water partition coefficient (Wildman–Crippen LogP) is 1.95. The molecule has 0 rings (SSSR count). The smallest absolute Gasteiger partial charge is 0.0428 e. The summed E-state index contributed by atoms with van der Waals surface area (Å²) in [5, 5.41) is 11.7. The first-order chi connectivity index (χ1) is 5.45. The molecule has 4 heteroatoms. The Morgan fingerprint density at radius 1 is 0.750 bits per heavy atom. The van der Waals surface area contributed by atoms with Crippen LogP contribution in [-0.4, -0.2) is 36.2 Å². The van der Waals surface area contributed by atoms with E-state index in [4.69, 9.17) is 0 Å². The van der Waals surface area contributed by atoms with Crippen molar-refractivity contribution in [2.75, 3.05) is 14.1 Å². The molecular weight excluding hydrogens is 152 g/mol. The molecule has 0 aromatic rings. The van der Waals surface area contributed by atoms with E-state index in [1.807, 2.05) is 24.1 Å². The van der Waals surface area contributed by atoms with Crippen LogP contribution in [0, 0.1) is 0 Å². The van der Waals surface area contributed by atoms with Gasteiger partial charge in [0.2, 0.25) is 0 Å². The van der Waals surface area contributed by atoms with Crippen LogP contribution in [0.3, 0.4) is 0 Å². The van der Waals surface area contributed by atoms with Gasteiger partial charge in [0.1, 0.15) is 0 Å². The predicted molar refractivity (Wildman–Crippen MR) is 50.7 cm³/mol. The van der Waals surface area contributed by atoms with E-state index in [0.717, 1.165) is 0 Å². The molecule has 0 aromatic carbocycles. The minimum atomic E-state index is 0.398. The van der Waals surface area contributed by atoms with Crippen LogP contribution in [0.5, 0.6) is 0 Å². The molecule has 0 radical (unpaired) electrons. The van der Waals surface area contributed by atoms with Gasteiger partial charge in [-0.3, -0.25) is 10.0 Å². The second-order valence-corrected chi connectivity index (χ2v) is 3.51. The first kappa shape index (κ1) is 11.2. The summed E-state index contributed by atoms with van der Waals surface area (Å²) in [4.78, 5) is 0. The van der Waals surface area contributed by atoms with E-state index < -0.39 is 0 Å². The molecule has 0 atom stereocenters. The van der Waals surface area contributed by atoms with Crippen LogP contribution in [0.25, 0.3) is 0 Å². The molecular formula is C8H20N4. The van der Waals surface area contributed by atoms with Crippen molar-refractivity contribution in [2.24, 2.45) is 10.4 Å². The molecule has 0 saturated heterocycles. The molecule has 0 aliphatic rings. The number of rotatable bonds is 4. The monoisotopic (exact) mass is 172 g/mol. The molecule has 12 heavy (non-hydrogen) atoms. The van der Waals surface area contributed by atoms with Gasteiger partial charge in [0.05, 0.1) is 0 Å². The maximum Gasteiger partial charge on any atom is 0.0428 e. The van der Waals surface area contributed by atoms with Crippen molar-refractivity contribution in [1.29, 1.82) is 0 Å². The second-order valence-electron chi connectivity index (χ2n) is 3.51. The van der Waals surface area contributed by atoms with E-state index >= 15 is 0 Å². The van der Waals surface area contributed by atoms with E-state index in [-0.39, 0.29) is 0 Å².